The first-order chi connectivity index (χ1) is 8.49. The summed E-state index contributed by atoms with van der Waals surface area (Å²) in [5, 5.41) is 9.60. The highest BCUT2D eigenvalue weighted by molar-refractivity contribution is 5.97. The molecule has 1 aliphatic heterocycles. The molecule has 1 aliphatic rings. The number of aryl methyl sites for hydroxylation is 1. The Morgan fingerprint density at radius 1 is 1.33 bits per heavy atom. The molecule has 0 unspecified atom stereocenters. The Morgan fingerprint density at radius 2 is 2.06 bits per heavy atom. The van der Waals surface area contributed by atoms with Crippen LogP contribution in [0.3, 0.4) is 0 Å². The topological polar surface area (TPSA) is 60.9 Å². The number of aromatic hydroxyl groups is 1. The van der Waals surface area contributed by atoms with Crippen molar-refractivity contribution in [2.75, 3.05) is 26.7 Å². The summed E-state index contributed by atoms with van der Waals surface area (Å²) >= 11 is 0. The van der Waals surface area contributed by atoms with Gasteiger partial charge in [-0.05, 0) is 24.6 Å². The second-order valence-corrected chi connectivity index (χ2v) is 4.54. The van der Waals surface area contributed by atoms with Gasteiger partial charge in [-0.25, -0.2) is 0 Å². The number of carbonyl (C=O) groups excluding carboxylic acids is 2. The van der Waals surface area contributed by atoms with Gasteiger partial charge in [0.1, 0.15) is 12.3 Å². The van der Waals surface area contributed by atoms with E-state index in [2.05, 4.69) is 0 Å². The maximum atomic E-state index is 12.2. The molecule has 0 aliphatic carbocycles. The Hall–Kier alpha value is -2.04. The van der Waals surface area contributed by atoms with Gasteiger partial charge in [-0.15, -0.1) is 0 Å². The maximum absolute atomic E-state index is 12.2. The van der Waals surface area contributed by atoms with Crippen molar-refractivity contribution in [1.82, 2.24) is 9.80 Å². The fraction of sp³-hybridized carbons (Fsp3) is 0.385. The Labute approximate surface area is 106 Å². The molecule has 1 aromatic rings. The number of benzene rings is 1. The Balaban J connectivity index is 2.16. The van der Waals surface area contributed by atoms with E-state index in [4.69, 9.17) is 0 Å². The van der Waals surface area contributed by atoms with E-state index >= 15 is 0 Å². The molecule has 0 radical (unpaired) electrons. The summed E-state index contributed by atoms with van der Waals surface area (Å²) in [6, 6.07) is 4.81. The number of likely N-dealkylation sites (N-methyl/N-ethyl adjacent to an activating group) is 1. The second-order valence-electron chi connectivity index (χ2n) is 4.54. The summed E-state index contributed by atoms with van der Waals surface area (Å²) in [5.74, 6) is -0.181. The molecule has 18 heavy (non-hydrogen) atoms. The molecule has 1 fully saturated rings. The number of phenolic OH excluding ortho intramolecular Hbond substituents is 1. The first kappa shape index (κ1) is 12.4. The number of hydrogen-bond donors (Lipinski definition) is 1. The number of rotatable bonds is 1. The van der Waals surface area contributed by atoms with Crippen LogP contribution in [0.1, 0.15) is 15.9 Å². The van der Waals surface area contributed by atoms with E-state index in [-0.39, 0.29) is 24.1 Å². The summed E-state index contributed by atoms with van der Waals surface area (Å²) in [5.41, 5.74) is 1.14. The highest BCUT2D eigenvalue weighted by Crippen LogP contribution is 2.19. The number of carbonyl (C=O) groups is 2. The average molecular weight is 248 g/mol. The van der Waals surface area contributed by atoms with Crippen LogP contribution in [-0.4, -0.2) is 53.4 Å². The summed E-state index contributed by atoms with van der Waals surface area (Å²) in [7, 11) is 1.72. The molecule has 0 spiro atoms. The summed E-state index contributed by atoms with van der Waals surface area (Å²) < 4.78 is 0. The van der Waals surface area contributed by atoms with Crippen LogP contribution in [0.15, 0.2) is 18.2 Å². The molecule has 1 heterocycles. The predicted molar refractivity (Wildman–Crippen MR) is 66.4 cm³/mol. The van der Waals surface area contributed by atoms with E-state index < -0.39 is 0 Å². The first-order valence-corrected chi connectivity index (χ1v) is 5.82. The van der Waals surface area contributed by atoms with Crippen molar-refractivity contribution < 1.29 is 14.7 Å². The van der Waals surface area contributed by atoms with Crippen molar-refractivity contribution in [1.29, 1.82) is 0 Å². The van der Waals surface area contributed by atoms with Gasteiger partial charge < -0.3 is 14.9 Å². The van der Waals surface area contributed by atoms with Crippen LogP contribution in [0.25, 0.3) is 0 Å². The highest BCUT2D eigenvalue weighted by atomic mass is 16.3. The van der Waals surface area contributed by atoms with Crippen LogP contribution in [-0.2, 0) is 4.79 Å². The number of nitrogens with zero attached hydrogens (tertiary/aromatic N) is 2. The zero-order valence-corrected chi connectivity index (χ0v) is 10.5. The number of amides is 2. The van der Waals surface area contributed by atoms with E-state index in [0.717, 1.165) is 5.56 Å². The molecule has 96 valence electrons. The number of phenols is 1. The minimum absolute atomic E-state index is 0.0640. The molecule has 0 atom stereocenters. The lowest BCUT2D eigenvalue weighted by molar-refractivity contribution is -0.133. The van der Waals surface area contributed by atoms with E-state index in [1.807, 2.05) is 0 Å². The number of piperazine rings is 1. The normalized spacial score (nSPS) is 16.0. The molecule has 1 N–H and O–H groups in total. The van der Waals surface area contributed by atoms with Gasteiger partial charge in [0.15, 0.2) is 0 Å². The molecular weight excluding hydrogens is 232 g/mol. The van der Waals surface area contributed by atoms with Gasteiger partial charge >= 0.3 is 0 Å². The lowest BCUT2D eigenvalue weighted by atomic mass is 10.1. The third kappa shape index (κ3) is 2.30. The quantitative estimate of drug-likeness (QED) is 0.792. The van der Waals surface area contributed by atoms with Crippen LogP contribution >= 0.6 is 0 Å². The average Bonchev–Trinajstić information content (AvgIpc) is 2.35. The van der Waals surface area contributed by atoms with Crippen molar-refractivity contribution in [3.05, 3.63) is 29.3 Å². The lowest BCUT2D eigenvalue weighted by Crippen LogP contribution is -2.50. The van der Waals surface area contributed by atoms with Crippen molar-refractivity contribution in [2.24, 2.45) is 0 Å². The van der Waals surface area contributed by atoms with Crippen LogP contribution in [0.2, 0.25) is 0 Å². The third-order valence-electron chi connectivity index (χ3n) is 3.20. The Morgan fingerprint density at radius 3 is 2.67 bits per heavy atom. The van der Waals surface area contributed by atoms with Gasteiger partial charge in [-0.3, -0.25) is 9.59 Å². The highest BCUT2D eigenvalue weighted by Gasteiger charge is 2.25. The van der Waals surface area contributed by atoms with Gasteiger partial charge in [-0.2, -0.15) is 0 Å². The molecule has 0 bridgehead atoms. The van der Waals surface area contributed by atoms with Gasteiger partial charge in [0.25, 0.3) is 5.91 Å². The van der Waals surface area contributed by atoms with Crippen molar-refractivity contribution in [3.63, 3.8) is 0 Å². The summed E-state index contributed by atoms with van der Waals surface area (Å²) in [6.07, 6.45) is 0. The van der Waals surface area contributed by atoms with Gasteiger partial charge in [0, 0.05) is 25.7 Å². The molecule has 0 aromatic heterocycles. The fourth-order valence-electron chi connectivity index (χ4n) is 1.86. The SMILES string of the molecule is Cc1ccc(C(=O)N2CCN(C)C(=O)C2)cc1O. The van der Waals surface area contributed by atoms with Crippen LogP contribution in [0.5, 0.6) is 5.75 Å². The molecule has 1 saturated heterocycles. The van der Waals surface area contributed by atoms with E-state index in [0.29, 0.717) is 18.7 Å². The van der Waals surface area contributed by atoms with E-state index in [1.165, 1.54) is 11.0 Å². The van der Waals surface area contributed by atoms with Crippen molar-refractivity contribution in [2.45, 2.75) is 6.92 Å². The smallest absolute Gasteiger partial charge is 0.254 e. The summed E-state index contributed by atoms with van der Waals surface area (Å²) in [6.45, 7) is 2.94. The molecule has 2 amide bonds. The largest absolute Gasteiger partial charge is 0.508 e. The van der Waals surface area contributed by atoms with Gasteiger partial charge in [-0.1, -0.05) is 6.07 Å². The molecule has 2 rings (SSSR count). The third-order valence-corrected chi connectivity index (χ3v) is 3.20. The molecule has 1 aromatic carbocycles. The van der Waals surface area contributed by atoms with E-state index in [1.54, 1.807) is 31.0 Å². The zero-order valence-electron chi connectivity index (χ0n) is 10.5. The minimum atomic E-state index is -0.216. The van der Waals surface area contributed by atoms with Crippen LogP contribution in [0.4, 0.5) is 0 Å². The summed E-state index contributed by atoms with van der Waals surface area (Å²) in [4.78, 5) is 26.8. The molecule has 0 saturated carbocycles. The monoisotopic (exact) mass is 248 g/mol. The molecular formula is C13H16N2O3. The second kappa shape index (κ2) is 4.68. The molecule has 5 nitrogen and oxygen atoms in total. The maximum Gasteiger partial charge on any atom is 0.254 e. The van der Waals surface area contributed by atoms with Gasteiger partial charge in [0.2, 0.25) is 5.91 Å². The van der Waals surface area contributed by atoms with E-state index in [9.17, 15) is 14.7 Å². The first-order valence-electron chi connectivity index (χ1n) is 5.82. The Kier molecular flexibility index (Phi) is 3.23. The zero-order chi connectivity index (χ0) is 13.3. The minimum Gasteiger partial charge on any atom is -0.508 e. The predicted octanol–water partition coefficient (Wildman–Crippen LogP) is 0.615. The standard InChI is InChI=1S/C13H16N2O3/c1-9-3-4-10(7-11(9)16)13(18)15-6-5-14(2)12(17)8-15/h3-4,7,16H,5-6,8H2,1-2H3. The van der Waals surface area contributed by atoms with Crippen LogP contribution < -0.4 is 0 Å². The van der Waals surface area contributed by atoms with Crippen LogP contribution in [0, 0.1) is 6.92 Å². The van der Waals surface area contributed by atoms with Gasteiger partial charge in [0.05, 0.1) is 0 Å². The number of hydrogen-bond acceptors (Lipinski definition) is 3. The van der Waals surface area contributed by atoms with Crippen molar-refractivity contribution in [3.8, 4) is 5.75 Å². The fourth-order valence-corrected chi connectivity index (χ4v) is 1.86. The lowest BCUT2D eigenvalue weighted by Gasteiger charge is -2.32. The molecule has 5 heteroatoms. The van der Waals surface area contributed by atoms with Crippen molar-refractivity contribution >= 4 is 11.8 Å². The Bertz CT molecular complexity index is 499.